The summed E-state index contributed by atoms with van der Waals surface area (Å²) in [4.78, 5) is 24.3. The first-order valence-corrected chi connectivity index (χ1v) is 9.08. The molecule has 0 N–H and O–H groups in total. The van der Waals surface area contributed by atoms with E-state index in [0.29, 0.717) is 22.5 Å². The molecule has 3 aromatic rings. The molecule has 0 saturated carbocycles. The normalized spacial score (nSPS) is 11.8. The van der Waals surface area contributed by atoms with Gasteiger partial charge in [0.2, 0.25) is 11.2 Å². The molecule has 1 heterocycles. The third-order valence-electron chi connectivity index (χ3n) is 4.23. The van der Waals surface area contributed by atoms with Crippen LogP contribution in [0.25, 0.3) is 11.0 Å². The van der Waals surface area contributed by atoms with Gasteiger partial charge in [-0.25, -0.2) is 4.79 Å². The van der Waals surface area contributed by atoms with Crippen molar-refractivity contribution >= 4 is 16.9 Å². The zero-order chi connectivity index (χ0) is 20.1. The Bertz CT molecular complexity index is 1020. The predicted octanol–water partition coefficient (Wildman–Crippen LogP) is 4.61. The van der Waals surface area contributed by atoms with E-state index in [0.717, 1.165) is 12.0 Å². The van der Waals surface area contributed by atoms with Gasteiger partial charge in [-0.2, -0.15) is 0 Å². The van der Waals surface area contributed by atoms with Crippen LogP contribution in [0.1, 0.15) is 25.8 Å². The summed E-state index contributed by atoms with van der Waals surface area (Å²) in [6, 6.07) is 12.1. The van der Waals surface area contributed by atoms with Gasteiger partial charge in [-0.05, 0) is 44.5 Å². The number of carbonyl (C=O) groups excluding carboxylic acids is 1. The maximum atomic E-state index is 12.6. The Morgan fingerprint density at radius 2 is 1.82 bits per heavy atom. The van der Waals surface area contributed by atoms with Crippen molar-refractivity contribution in [1.29, 1.82) is 0 Å². The van der Waals surface area contributed by atoms with Gasteiger partial charge in [-0.3, -0.25) is 4.79 Å². The van der Waals surface area contributed by atoms with Gasteiger partial charge in [-0.1, -0.05) is 24.6 Å². The first-order valence-electron chi connectivity index (χ1n) is 9.08. The Hall–Kier alpha value is -3.28. The number of ether oxygens (including phenoxy) is 3. The van der Waals surface area contributed by atoms with Crippen LogP contribution in [0.5, 0.6) is 17.2 Å². The maximum absolute atomic E-state index is 12.6. The fourth-order valence-corrected chi connectivity index (χ4v) is 2.47. The van der Waals surface area contributed by atoms with Gasteiger partial charge in [0.25, 0.3) is 0 Å². The van der Waals surface area contributed by atoms with Gasteiger partial charge in [-0.15, -0.1) is 0 Å². The van der Waals surface area contributed by atoms with Gasteiger partial charge in [0.15, 0.2) is 6.61 Å². The number of rotatable bonds is 7. The number of hydrogen-bond acceptors (Lipinski definition) is 6. The van der Waals surface area contributed by atoms with E-state index >= 15 is 0 Å². The second-order valence-corrected chi connectivity index (χ2v) is 6.50. The van der Waals surface area contributed by atoms with Crippen LogP contribution in [0.4, 0.5) is 0 Å². The Morgan fingerprint density at radius 3 is 2.54 bits per heavy atom. The van der Waals surface area contributed by atoms with Crippen molar-refractivity contribution in [3.05, 3.63) is 64.5 Å². The highest BCUT2D eigenvalue weighted by Gasteiger charge is 2.12. The van der Waals surface area contributed by atoms with E-state index in [1.807, 2.05) is 32.9 Å². The zero-order valence-electron chi connectivity index (χ0n) is 16.1. The molecule has 146 valence electrons. The lowest BCUT2D eigenvalue weighted by atomic mass is 10.2. The largest absolute Gasteiger partial charge is 0.482 e. The van der Waals surface area contributed by atoms with E-state index in [2.05, 4.69) is 0 Å². The van der Waals surface area contributed by atoms with Gasteiger partial charge in [0.05, 0.1) is 11.5 Å². The molecule has 1 aromatic heterocycles. The van der Waals surface area contributed by atoms with E-state index in [4.69, 9.17) is 18.6 Å². The number of esters is 1. The van der Waals surface area contributed by atoms with Crippen LogP contribution in [-0.4, -0.2) is 18.7 Å². The molecule has 0 radical (unpaired) electrons. The van der Waals surface area contributed by atoms with Crippen LogP contribution >= 0.6 is 0 Å². The number of carbonyl (C=O) groups is 1. The lowest BCUT2D eigenvalue weighted by Gasteiger charge is -2.11. The van der Waals surface area contributed by atoms with Gasteiger partial charge in [0, 0.05) is 6.07 Å². The summed E-state index contributed by atoms with van der Waals surface area (Å²) in [5.74, 6) is 0.612. The Morgan fingerprint density at radius 1 is 1.11 bits per heavy atom. The van der Waals surface area contributed by atoms with E-state index < -0.39 is 5.97 Å². The van der Waals surface area contributed by atoms with Crippen LogP contribution in [0, 0.1) is 6.92 Å². The fraction of sp³-hybridized carbons (Fsp3) is 0.273. The molecule has 6 nitrogen and oxygen atoms in total. The summed E-state index contributed by atoms with van der Waals surface area (Å²) >= 11 is 0. The SMILES string of the molecule is CC[C@H](C)OC(=O)COc1ccc2c(=O)c(Oc3ccc(C)cc3)coc2c1. The summed E-state index contributed by atoms with van der Waals surface area (Å²) in [7, 11) is 0. The van der Waals surface area contributed by atoms with Crippen molar-refractivity contribution in [3.8, 4) is 17.2 Å². The molecule has 0 aliphatic heterocycles. The third kappa shape index (κ3) is 4.71. The minimum absolute atomic E-state index is 0.0992. The molecule has 0 bridgehead atoms. The molecular formula is C22H22O6. The van der Waals surface area contributed by atoms with Crippen LogP contribution in [0.3, 0.4) is 0 Å². The summed E-state index contributed by atoms with van der Waals surface area (Å²) < 4.78 is 21.7. The van der Waals surface area contributed by atoms with Crippen molar-refractivity contribution in [1.82, 2.24) is 0 Å². The van der Waals surface area contributed by atoms with Crippen LogP contribution < -0.4 is 14.9 Å². The van der Waals surface area contributed by atoms with E-state index in [9.17, 15) is 9.59 Å². The minimum Gasteiger partial charge on any atom is -0.482 e. The Kier molecular flexibility index (Phi) is 5.99. The average molecular weight is 382 g/mol. The molecule has 3 rings (SSSR count). The first-order chi connectivity index (χ1) is 13.5. The van der Waals surface area contributed by atoms with Crippen LogP contribution in [0.2, 0.25) is 0 Å². The van der Waals surface area contributed by atoms with Crippen molar-refractivity contribution in [2.45, 2.75) is 33.3 Å². The average Bonchev–Trinajstić information content (AvgIpc) is 2.70. The summed E-state index contributed by atoms with van der Waals surface area (Å²) in [5, 5.41) is 0.360. The zero-order valence-corrected chi connectivity index (χ0v) is 16.1. The number of hydrogen-bond donors (Lipinski definition) is 0. The Labute approximate surface area is 162 Å². The van der Waals surface area contributed by atoms with Gasteiger partial charge in [0.1, 0.15) is 23.3 Å². The second-order valence-electron chi connectivity index (χ2n) is 6.50. The summed E-state index contributed by atoms with van der Waals surface area (Å²) in [6.07, 6.45) is 1.85. The highest BCUT2D eigenvalue weighted by molar-refractivity contribution is 5.79. The van der Waals surface area contributed by atoms with Crippen molar-refractivity contribution in [3.63, 3.8) is 0 Å². The molecule has 0 aliphatic rings. The lowest BCUT2D eigenvalue weighted by molar-refractivity contribution is -0.150. The van der Waals surface area contributed by atoms with Crippen molar-refractivity contribution in [2.75, 3.05) is 6.61 Å². The van der Waals surface area contributed by atoms with Crippen LogP contribution in [0.15, 0.2) is 57.9 Å². The first kappa shape index (κ1) is 19.5. The molecule has 0 amide bonds. The van der Waals surface area contributed by atoms with E-state index in [-0.39, 0.29) is 23.9 Å². The second kappa shape index (κ2) is 8.61. The molecule has 6 heteroatoms. The molecule has 1 atom stereocenters. The molecule has 28 heavy (non-hydrogen) atoms. The standard InChI is InChI=1S/C22H22O6/c1-4-15(3)27-21(23)13-25-17-9-10-18-19(11-17)26-12-20(22(18)24)28-16-7-5-14(2)6-8-16/h5-12,15H,4,13H2,1-3H3/t15-/m0/s1. The predicted molar refractivity (Wildman–Crippen MR) is 105 cm³/mol. The number of fused-ring (bicyclic) bond motifs is 1. The highest BCUT2D eigenvalue weighted by Crippen LogP contribution is 2.24. The molecule has 0 fully saturated rings. The lowest BCUT2D eigenvalue weighted by Crippen LogP contribution is -2.20. The van der Waals surface area contributed by atoms with Gasteiger partial charge >= 0.3 is 5.97 Å². The topological polar surface area (TPSA) is 75.0 Å². The molecule has 0 saturated heterocycles. The van der Waals surface area contributed by atoms with E-state index in [1.165, 1.54) is 6.26 Å². The quantitative estimate of drug-likeness (QED) is 0.555. The van der Waals surface area contributed by atoms with E-state index in [1.54, 1.807) is 30.3 Å². The fourth-order valence-electron chi connectivity index (χ4n) is 2.47. The number of aryl methyl sites for hydroxylation is 1. The maximum Gasteiger partial charge on any atom is 0.344 e. The summed E-state index contributed by atoms with van der Waals surface area (Å²) in [5.41, 5.74) is 1.15. The minimum atomic E-state index is -0.447. The number of benzene rings is 2. The highest BCUT2D eigenvalue weighted by atomic mass is 16.6. The Balaban J connectivity index is 1.74. The van der Waals surface area contributed by atoms with Crippen molar-refractivity contribution in [2.24, 2.45) is 0 Å². The third-order valence-corrected chi connectivity index (χ3v) is 4.23. The smallest absolute Gasteiger partial charge is 0.344 e. The molecule has 0 unspecified atom stereocenters. The summed E-state index contributed by atoms with van der Waals surface area (Å²) in [6.45, 7) is 5.51. The molecule has 0 aliphatic carbocycles. The van der Waals surface area contributed by atoms with Crippen molar-refractivity contribution < 1.29 is 23.4 Å². The van der Waals surface area contributed by atoms with Gasteiger partial charge < -0.3 is 18.6 Å². The monoisotopic (exact) mass is 382 g/mol. The molecule has 2 aromatic carbocycles. The molecular weight excluding hydrogens is 360 g/mol. The molecule has 0 spiro atoms. The van der Waals surface area contributed by atoms with Crippen LogP contribution in [-0.2, 0) is 9.53 Å².